The molecule has 124 valence electrons. The summed E-state index contributed by atoms with van der Waals surface area (Å²) in [7, 11) is 0. The lowest BCUT2D eigenvalue weighted by Gasteiger charge is -2.19. The van der Waals surface area contributed by atoms with Crippen LogP contribution in [0.3, 0.4) is 0 Å². The van der Waals surface area contributed by atoms with Gasteiger partial charge in [0.05, 0.1) is 18.7 Å². The molecule has 0 unspecified atom stereocenters. The van der Waals surface area contributed by atoms with E-state index in [0.717, 1.165) is 10.2 Å². The van der Waals surface area contributed by atoms with Gasteiger partial charge in [-0.2, -0.15) is 0 Å². The molecule has 0 aliphatic carbocycles. The molecule has 1 aliphatic heterocycles. The minimum atomic E-state index is -0.592. The summed E-state index contributed by atoms with van der Waals surface area (Å²) in [4.78, 5) is 26.4. The van der Waals surface area contributed by atoms with Gasteiger partial charge in [0.15, 0.2) is 0 Å². The van der Waals surface area contributed by atoms with Crippen molar-refractivity contribution in [2.24, 2.45) is 0 Å². The van der Waals surface area contributed by atoms with Crippen molar-refractivity contribution in [3.63, 3.8) is 0 Å². The third-order valence-electron chi connectivity index (χ3n) is 3.76. The van der Waals surface area contributed by atoms with Crippen LogP contribution in [0.5, 0.6) is 5.75 Å². The van der Waals surface area contributed by atoms with Gasteiger partial charge >= 0.3 is 0 Å². The third kappa shape index (κ3) is 3.14. The molecule has 2 amide bonds. The maximum atomic E-state index is 12.8. The zero-order valence-electron chi connectivity index (χ0n) is 13.2. The monoisotopic (exact) mass is 388 g/mol. The Labute approximate surface area is 148 Å². The average Bonchev–Trinajstić information content (AvgIpc) is 2.85. The van der Waals surface area contributed by atoms with Gasteiger partial charge < -0.3 is 10.1 Å². The highest BCUT2D eigenvalue weighted by Gasteiger charge is 2.40. The summed E-state index contributed by atoms with van der Waals surface area (Å²) >= 11 is 3.44. The Balaban J connectivity index is 1.86. The predicted octanol–water partition coefficient (Wildman–Crippen LogP) is 3.59. The molecule has 1 fully saturated rings. The van der Waals surface area contributed by atoms with Gasteiger partial charge in [0, 0.05) is 10.2 Å². The van der Waals surface area contributed by atoms with Gasteiger partial charge in [0.2, 0.25) is 5.91 Å². The molecule has 2 aromatic rings. The minimum Gasteiger partial charge on any atom is -0.492 e. The van der Waals surface area contributed by atoms with Crippen LogP contribution >= 0.6 is 15.9 Å². The van der Waals surface area contributed by atoms with Gasteiger partial charge in [-0.3, -0.25) is 9.59 Å². The lowest BCUT2D eigenvalue weighted by Crippen LogP contribution is -2.35. The number of hydrogen-bond acceptors (Lipinski definition) is 4. The lowest BCUT2D eigenvalue weighted by molar-refractivity contribution is -0.121. The number of para-hydroxylation sites is 3. The number of rotatable bonds is 5. The number of nitrogens with zero attached hydrogens (tertiary/aromatic N) is 1. The first kappa shape index (κ1) is 16.5. The normalized spacial score (nSPS) is 17.2. The van der Waals surface area contributed by atoms with Crippen LogP contribution in [-0.2, 0) is 9.59 Å². The third-order valence-corrected chi connectivity index (χ3v) is 4.45. The molecule has 5 nitrogen and oxygen atoms in total. The molecule has 2 aromatic carbocycles. The first-order chi connectivity index (χ1) is 11.6. The van der Waals surface area contributed by atoms with Crippen molar-refractivity contribution in [3.8, 4) is 5.75 Å². The number of amides is 2. The Morgan fingerprint density at radius 1 is 1.17 bits per heavy atom. The molecule has 1 heterocycles. The topological polar surface area (TPSA) is 58.6 Å². The number of halogens is 1. The molecule has 6 heteroatoms. The number of carbonyl (C=O) groups is 2. The highest BCUT2D eigenvalue weighted by molar-refractivity contribution is 9.10. The second-order valence-electron chi connectivity index (χ2n) is 5.35. The Hall–Kier alpha value is -2.34. The van der Waals surface area contributed by atoms with Crippen molar-refractivity contribution in [2.45, 2.75) is 19.4 Å². The van der Waals surface area contributed by atoms with Crippen molar-refractivity contribution in [1.82, 2.24) is 0 Å². The largest absolute Gasteiger partial charge is 0.492 e. The molecule has 0 bridgehead atoms. The summed E-state index contributed by atoms with van der Waals surface area (Å²) in [5.41, 5.74) is 1.27. The summed E-state index contributed by atoms with van der Waals surface area (Å²) in [5, 5.41) is 3.14. The number of benzene rings is 2. The smallest absolute Gasteiger partial charge is 0.256 e. The van der Waals surface area contributed by atoms with Crippen molar-refractivity contribution >= 4 is 39.1 Å². The maximum absolute atomic E-state index is 12.8. The fourth-order valence-corrected chi connectivity index (χ4v) is 3.08. The van der Waals surface area contributed by atoms with E-state index in [9.17, 15) is 9.59 Å². The Kier molecular flexibility index (Phi) is 4.85. The van der Waals surface area contributed by atoms with Crippen molar-refractivity contribution in [1.29, 1.82) is 0 Å². The molecule has 0 radical (unpaired) electrons. The van der Waals surface area contributed by atoms with Crippen LogP contribution in [0.1, 0.15) is 13.3 Å². The summed E-state index contributed by atoms with van der Waals surface area (Å²) in [6.07, 6.45) is 0.112. The Morgan fingerprint density at radius 3 is 2.62 bits per heavy atom. The molecule has 0 aromatic heterocycles. The second-order valence-corrected chi connectivity index (χ2v) is 6.20. The zero-order chi connectivity index (χ0) is 17.1. The van der Waals surface area contributed by atoms with Gasteiger partial charge in [0.1, 0.15) is 11.8 Å². The van der Waals surface area contributed by atoms with Crippen LogP contribution in [-0.4, -0.2) is 24.5 Å². The van der Waals surface area contributed by atoms with Crippen molar-refractivity contribution in [3.05, 3.63) is 53.0 Å². The molecule has 3 rings (SSSR count). The van der Waals surface area contributed by atoms with E-state index in [1.165, 1.54) is 4.90 Å². The predicted molar refractivity (Wildman–Crippen MR) is 96.3 cm³/mol. The van der Waals surface area contributed by atoms with E-state index in [1.807, 2.05) is 37.3 Å². The molecular weight excluding hydrogens is 372 g/mol. The fraction of sp³-hybridized carbons (Fsp3) is 0.222. The van der Waals surface area contributed by atoms with Gasteiger partial charge in [-0.15, -0.1) is 0 Å². The Bertz CT molecular complexity index is 778. The Morgan fingerprint density at radius 2 is 1.88 bits per heavy atom. The van der Waals surface area contributed by atoms with Crippen molar-refractivity contribution < 1.29 is 14.3 Å². The van der Waals surface area contributed by atoms with Crippen LogP contribution in [0.15, 0.2) is 53.0 Å². The van der Waals surface area contributed by atoms with Crippen LogP contribution in [0.2, 0.25) is 0 Å². The number of hydrogen-bond donors (Lipinski definition) is 1. The molecule has 1 N–H and O–H groups in total. The van der Waals surface area contributed by atoms with E-state index in [0.29, 0.717) is 18.0 Å². The molecule has 24 heavy (non-hydrogen) atoms. The van der Waals surface area contributed by atoms with Gasteiger partial charge in [0.25, 0.3) is 5.91 Å². The van der Waals surface area contributed by atoms with Crippen LogP contribution < -0.4 is 15.0 Å². The van der Waals surface area contributed by atoms with E-state index in [-0.39, 0.29) is 18.2 Å². The summed E-state index contributed by atoms with van der Waals surface area (Å²) < 4.78 is 6.39. The van der Waals surface area contributed by atoms with Crippen LogP contribution in [0.4, 0.5) is 11.4 Å². The standard InChI is InChI=1S/C18H17BrN2O3/c1-2-24-16-10-6-5-9-15(16)21-17(22)11-14(18(21)23)20-13-8-4-3-7-12(13)19/h3-10,14,20H,2,11H2,1H3/t14-/m0/s1. The number of imide groups is 1. The average molecular weight is 389 g/mol. The SMILES string of the molecule is CCOc1ccccc1N1C(=O)C[C@H](Nc2ccccc2Br)C1=O. The molecule has 0 spiro atoms. The highest BCUT2D eigenvalue weighted by atomic mass is 79.9. The summed E-state index contributed by atoms with van der Waals surface area (Å²) in [5.74, 6) is 0.0165. The van der Waals surface area contributed by atoms with Crippen LogP contribution in [0.25, 0.3) is 0 Å². The molecular formula is C18H17BrN2O3. The fourth-order valence-electron chi connectivity index (χ4n) is 2.68. The maximum Gasteiger partial charge on any atom is 0.256 e. The van der Waals surface area contributed by atoms with Crippen LogP contribution in [0, 0.1) is 0 Å². The highest BCUT2D eigenvalue weighted by Crippen LogP contribution is 2.33. The molecule has 1 saturated heterocycles. The number of carbonyl (C=O) groups excluding carboxylic acids is 2. The number of ether oxygens (including phenoxy) is 1. The molecule has 0 saturated carbocycles. The number of anilines is 2. The van der Waals surface area contributed by atoms with E-state index in [1.54, 1.807) is 18.2 Å². The van der Waals surface area contributed by atoms with Gasteiger partial charge in [-0.1, -0.05) is 24.3 Å². The quantitative estimate of drug-likeness (QED) is 0.795. The zero-order valence-corrected chi connectivity index (χ0v) is 14.7. The van der Waals surface area contributed by atoms with E-state index in [4.69, 9.17) is 4.74 Å². The van der Waals surface area contributed by atoms with E-state index in [2.05, 4.69) is 21.2 Å². The summed E-state index contributed by atoms with van der Waals surface area (Å²) in [6.45, 7) is 2.33. The van der Waals surface area contributed by atoms with E-state index < -0.39 is 6.04 Å². The molecule has 1 aliphatic rings. The summed E-state index contributed by atoms with van der Waals surface area (Å²) in [6, 6.07) is 14.0. The minimum absolute atomic E-state index is 0.112. The molecule has 1 atom stereocenters. The lowest BCUT2D eigenvalue weighted by atomic mass is 10.2. The first-order valence-corrected chi connectivity index (χ1v) is 8.50. The van der Waals surface area contributed by atoms with Gasteiger partial charge in [-0.25, -0.2) is 4.90 Å². The van der Waals surface area contributed by atoms with Gasteiger partial charge in [-0.05, 0) is 47.1 Å². The second kappa shape index (κ2) is 7.05. The number of nitrogens with one attached hydrogen (secondary N) is 1. The first-order valence-electron chi connectivity index (χ1n) is 7.71. The van der Waals surface area contributed by atoms with E-state index >= 15 is 0 Å². The van der Waals surface area contributed by atoms with Crippen molar-refractivity contribution in [2.75, 3.05) is 16.8 Å².